The maximum absolute atomic E-state index is 12.3. The molecule has 0 bridgehead atoms. The Balaban J connectivity index is 0.00000144. The van der Waals surface area contributed by atoms with Crippen molar-refractivity contribution >= 4 is 28.1 Å². The molecule has 3 nitrogen and oxygen atoms in total. The largest absolute Gasteiger partial charge is 0.284 e. The number of sulfonamides is 1. The van der Waals surface area contributed by atoms with E-state index in [1.807, 2.05) is 0 Å². The van der Waals surface area contributed by atoms with Gasteiger partial charge in [0.05, 0.1) is 6.26 Å². The summed E-state index contributed by atoms with van der Waals surface area (Å²) in [6.45, 7) is 0. The van der Waals surface area contributed by atoms with Gasteiger partial charge in [-0.05, 0) is 24.3 Å². The molecule has 0 fully saturated rings. The van der Waals surface area contributed by atoms with Crippen LogP contribution in [0, 0.1) is 5.82 Å². The van der Waals surface area contributed by atoms with Crippen LogP contribution < -0.4 is 4.72 Å². The zero-order valence-corrected chi connectivity index (χ0v) is 8.45. The average molecular weight is 226 g/mol. The first-order valence-electron chi connectivity index (χ1n) is 3.21. The number of hydrogen-bond acceptors (Lipinski definition) is 2. The molecule has 0 aliphatic rings. The van der Waals surface area contributed by atoms with Crippen molar-refractivity contribution in [2.45, 2.75) is 0 Å². The van der Waals surface area contributed by atoms with E-state index >= 15 is 0 Å². The maximum Gasteiger partial charge on any atom is 0.229 e. The summed E-state index contributed by atoms with van der Waals surface area (Å²) in [6.07, 6.45) is 1.04. The summed E-state index contributed by atoms with van der Waals surface area (Å²) in [5, 5.41) is 0. The molecule has 1 N–H and O–H groups in total. The summed E-state index contributed by atoms with van der Waals surface area (Å²) in [7, 11) is -3.26. The van der Waals surface area contributed by atoms with Crippen LogP contribution in [-0.2, 0) is 10.0 Å². The molecule has 0 unspecified atom stereocenters. The monoisotopic (exact) mass is 225 g/mol. The number of benzene rings is 1. The zero-order chi connectivity index (χ0) is 9.19. The van der Waals surface area contributed by atoms with Crippen LogP contribution in [0.15, 0.2) is 24.3 Å². The third kappa shape index (κ3) is 4.69. The highest BCUT2D eigenvalue weighted by atomic mass is 35.5. The van der Waals surface area contributed by atoms with Crippen molar-refractivity contribution in [2.24, 2.45) is 0 Å². The van der Waals surface area contributed by atoms with Gasteiger partial charge in [-0.2, -0.15) is 0 Å². The molecule has 0 aliphatic heterocycles. The van der Waals surface area contributed by atoms with Gasteiger partial charge in [0.1, 0.15) is 5.82 Å². The van der Waals surface area contributed by atoms with Gasteiger partial charge in [-0.15, -0.1) is 12.4 Å². The second-order valence-electron chi connectivity index (χ2n) is 2.38. The van der Waals surface area contributed by atoms with Crippen molar-refractivity contribution in [3.8, 4) is 0 Å². The predicted molar refractivity (Wildman–Crippen MR) is 52.1 cm³/mol. The molecule has 1 rings (SSSR count). The number of nitrogens with one attached hydrogen (secondary N) is 1. The van der Waals surface area contributed by atoms with E-state index < -0.39 is 15.8 Å². The quantitative estimate of drug-likeness (QED) is 0.832. The molecule has 0 aliphatic carbocycles. The first-order valence-corrected chi connectivity index (χ1v) is 5.10. The lowest BCUT2D eigenvalue weighted by Gasteiger charge is -2.01. The van der Waals surface area contributed by atoms with E-state index in [-0.39, 0.29) is 12.4 Å². The van der Waals surface area contributed by atoms with Crippen LogP contribution in [-0.4, -0.2) is 14.7 Å². The highest BCUT2D eigenvalue weighted by Gasteiger charge is 2.00. The van der Waals surface area contributed by atoms with Gasteiger partial charge >= 0.3 is 0 Å². The lowest BCUT2D eigenvalue weighted by atomic mass is 10.3. The fourth-order valence-corrected chi connectivity index (χ4v) is 1.30. The highest BCUT2D eigenvalue weighted by Crippen LogP contribution is 2.08. The lowest BCUT2D eigenvalue weighted by Crippen LogP contribution is -2.09. The molecule has 1 aromatic rings. The number of halogens is 2. The third-order valence-corrected chi connectivity index (χ3v) is 1.75. The Morgan fingerprint density at radius 1 is 1.23 bits per heavy atom. The second-order valence-corrected chi connectivity index (χ2v) is 4.13. The van der Waals surface area contributed by atoms with Gasteiger partial charge in [-0.1, -0.05) is 0 Å². The van der Waals surface area contributed by atoms with E-state index in [1.165, 1.54) is 24.3 Å². The van der Waals surface area contributed by atoms with Crippen molar-refractivity contribution in [3.05, 3.63) is 30.1 Å². The fraction of sp³-hybridized carbons (Fsp3) is 0.143. The molecule has 13 heavy (non-hydrogen) atoms. The highest BCUT2D eigenvalue weighted by molar-refractivity contribution is 7.92. The van der Waals surface area contributed by atoms with Gasteiger partial charge in [0.15, 0.2) is 0 Å². The van der Waals surface area contributed by atoms with Gasteiger partial charge < -0.3 is 0 Å². The number of hydrogen-bond donors (Lipinski definition) is 1. The average Bonchev–Trinajstić information content (AvgIpc) is 1.91. The summed E-state index contributed by atoms with van der Waals surface area (Å²) in [6, 6.07) is 5.09. The molecular weight excluding hydrogens is 217 g/mol. The maximum atomic E-state index is 12.3. The van der Waals surface area contributed by atoms with E-state index in [9.17, 15) is 12.8 Å². The van der Waals surface area contributed by atoms with Crippen molar-refractivity contribution in [1.82, 2.24) is 0 Å². The van der Waals surface area contributed by atoms with E-state index in [0.717, 1.165) is 6.26 Å². The van der Waals surface area contributed by atoms with E-state index in [4.69, 9.17) is 0 Å². The molecule has 6 heteroatoms. The Hall–Kier alpha value is -0.810. The van der Waals surface area contributed by atoms with Gasteiger partial charge in [-0.3, -0.25) is 4.72 Å². The van der Waals surface area contributed by atoms with Crippen LogP contribution in [0.4, 0.5) is 10.1 Å². The van der Waals surface area contributed by atoms with Crippen LogP contribution in [0.2, 0.25) is 0 Å². The SMILES string of the molecule is CS(=O)(=O)Nc1ccc(F)cc1.Cl. The van der Waals surface area contributed by atoms with E-state index in [0.29, 0.717) is 5.69 Å². The molecule has 74 valence electrons. The Morgan fingerprint density at radius 3 is 2.08 bits per heavy atom. The smallest absolute Gasteiger partial charge is 0.229 e. The Kier molecular flexibility index (Phi) is 4.16. The molecular formula is C7H9ClFNO2S. The lowest BCUT2D eigenvalue weighted by molar-refractivity contribution is 0.606. The Morgan fingerprint density at radius 2 is 1.69 bits per heavy atom. The molecule has 0 heterocycles. The van der Waals surface area contributed by atoms with Crippen LogP contribution in [0.1, 0.15) is 0 Å². The predicted octanol–water partition coefficient (Wildman–Crippen LogP) is 1.62. The van der Waals surface area contributed by atoms with E-state index in [2.05, 4.69) is 4.72 Å². The van der Waals surface area contributed by atoms with E-state index in [1.54, 1.807) is 0 Å². The normalized spacial score (nSPS) is 10.3. The van der Waals surface area contributed by atoms with Crippen LogP contribution in [0.25, 0.3) is 0 Å². The Labute approximate surface area is 82.4 Å². The van der Waals surface area contributed by atoms with Gasteiger partial charge in [0.2, 0.25) is 10.0 Å². The minimum absolute atomic E-state index is 0. The van der Waals surface area contributed by atoms with Crippen molar-refractivity contribution in [1.29, 1.82) is 0 Å². The molecule has 0 amide bonds. The summed E-state index contributed by atoms with van der Waals surface area (Å²) >= 11 is 0. The standard InChI is InChI=1S/C7H8FNO2S.ClH/c1-12(10,11)9-7-4-2-6(8)3-5-7;/h2-5,9H,1H3;1H. The molecule has 0 saturated carbocycles. The van der Waals surface area contributed by atoms with Crippen molar-refractivity contribution in [2.75, 3.05) is 11.0 Å². The van der Waals surface area contributed by atoms with Crippen molar-refractivity contribution < 1.29 is 12.8 Å². The molecule has 0 aromatic heterocycles. The van der Waals surface area contributed by atoms with Gasteiger partial charge in [0, 0.05) is 5.69 Å². The van der Waals surface area contributed by atoms with Gasteiger partial charge in [-0.25, -0.2) is 12.8 Å². The molecule has 0 radical (unpaired) electrons. The number of rotatable bonds is 2. The fourth-order valence-electron chi connectivity index (χ4n) is 0.732. The van der Waals surface area contributed by atoms with Gasteiger partial charge in [0.25, 0.3) is 0 Å². The van der Waals surface area contributed by atoms with Crippen LogP contribution in [0.5, 0.6) is 0 Å². The Bertz CT molecular complexity index is 363. The molecule has 1 aromatic carbocycles. The first kappa shape index (κ1) is 12.2. The molecule has 0 spiro atoms. The summed E-state index contributed by atoms with van der Waals surface area (Å²) in [5.74, 6) is -0.394. The summed E-state index contributed by atoms with van der Waals surface area (Å²) in [5.41, 5.74) is 0.360. The molecule has 0 atom stereocenters. The summed E-state index contributed by atoms with van der Waals surface area (Å²) in [4.78, 5) is 0. The minimum Gasteiger partial charge on any atom is -0.284 e. The topological polar surface area (TPSA) is 46.2 Å². The first-order chi connectivity index (χ1) is 5.47. The van der Waals surface area contributed by atoms with Crippen LogP contribution >= 0.6 is 12.4 Å². The number of anilines is 1. The summed E-state index contributed by atoms with van der Waals surface area (Å²) < 4.78 is 35.9. The van der Waals surface area contributed by atoms with Crippen LogP contribution in [0.3, 0.4) is 0 Å². The minimum atomic E-state index is -3.26. The zero-order valence-electron chi connectivity index (χ0n) is 6.82. The third-order valence-electron chi connectivity index (χ3n) is 1.15. The second kappa shape index (κ2) is 4.43. The molecule has 0 saturated heterocycles. The van der Waals surface area contributed by atoms with Crippen molar-refractivity contribution in [3.63, 3.8) is 0 Å².